The third kappa shape index (κ3) is 3.52. The van der Waals surface area contributed by atoms with Crippen LogP contribution in [-0.2, 0) is 0 Å². The summed E-state index contributed by atoms with van der Waals surface area (Å²) in [6.07, 6.45) is 7.15. The molecule has 152 valence electrons. The van der Waals surface area contributed by atoms with Crippen molar-refractivity contribution < 1.29 is 4.79 Å². The van der Waals surface area contributed by atoms with Gasteiger partial charge >= 0.3 is 0 Å². The fourth-order valence-electron chi connectivity index (χ4n) is 4.95. The second-order valence-corrected chi connectivity index (χ2v) is 8.49. The summed E-state index contributed by atoms with van der Waals surface area (Å²) in [5.41, 5.74) is 1.55. The van der Waals surface area contributed by atoms with Gasteiger partial charge in [0.15, 0.2) is 11.5 Å². The topological polar surface area (TPSA) is 78.4 Å². The number of aryl methyl sites for hydroxylation is 1. The van der Waals surface area contributed by atoms with E-state index in [0.717, 1.165) is 56.5 Å². The molecule has 0 radical (unpaired) electrons. The molecule has 2 unspecified atom stereocenters. The number of likely N-dealkylation sites (tertiary alicyclic amines) is 1. The summed E-state index contributed by atoms with van der Waals surface area (Å²) >= 11 is 0. The third-order valence-corrected chi connectivity index (χ3v) is 6.49. The highest BCUT2D eigenvalue weighted by molar-refractivity contribution is 5.92. The minimum atomic E-state index is 0.00172. The van der Waals surface area contributed by atoms with Gasteiger partial charge in [0.1, 0.15) is 12.1 Å². The number of hydrogen-bond acceptors (Lipinski definition) is 7. The average Bonchev–Trinajstić information content (AvgIpc) is 3.34. The maximum Gasteiger partial charge on any atom is 0.274 e. The van der Waals surface area contributed by atoms with Crippen molar-refractivity contribution >= 4 is 17.5 Å². The van der Waals surface area contributed by atoms with Crippen molar-refractivity contribution in [1.29, 1.82) is 0 Å². The molecule has 5 rings (SSSR count). The lowest BCUT2D eigenvalue weighted by atomic mass is 10.0. The summed E-state index contributed by atoms with van der Waals surface area (Å²) in [6, 6.07) is 3.78. The van der Waals surface area contributed by atoms with E-state index in [9.17, 15) is 4.79 Å². The number of piperidine rings is 1. The largest absolute Gasteiger partial charge is 0.356 e. The lowest BCUT2D eigenvalue weighted by Crippen LogP contribution is -2.34. The van der Waals surface area contributed by atoms with Gasteiger partial charge < -0.3 is 14.7 Å². The zero-order valence-corrected chi connectivity index (χ0v) is 16.9. The van der Waals surface area contributed by atoms with Gasteiger partial charge in [0.05, 0.1) is 0 Å². The van der Waals surface area contributed by atoms with Gasteiger partial charge in [0.25, 0.3) is 5.91 Å². The molecule has 2 atom stereocenters. The second-order valence-electron chi connectivity index (χ2n) is 8.49. The molecule has 2 aromatic rings. The smallest absolute Gasteiger partial charge is 0.274 e. The summed E-state index contributed by atoms with van der Waals surface area (Å²) in [4.78, 5) is 28.0. The van der Waals surface area contributed by atoms with E-state index in [1.165, 1.54) is 19.3 Å². The Balaban J connectivity index is 1.21. The van der Waals surface area contributed by atoms with Crippen LogP contribution in [0.4, 0.5) is 11.6 Å². The van der Waals surface area contributed by atoms with Crippen LogP contribution in [0, 0.1) is 18.8 Å². The van der Waals surface area contributed by atoms with Gasteiger partial charge in [-0.3, -0.25) is 4.79 Å². The summed E-state index contributed by atoms with van der Waals surface area (Å²) in [7, 11) is 0. The van der Waals surface area contributed by atoms with Crippen LogP contribution in [0.3, 0.4) is 0 Å². The Kier molecular flexibility index (Phi) is 4.77. The van der Waals surface area contributed by atoms with Crippen molar-refractivity contribution in [1.82, 2.24) is 25.1 Å². The molecule has 8 nitrogen and oxygen atoms in total. The molecule has 0 N–H and O–H groups in total. The Labute approximate surface area is 171 Å². The number of carbonyl (C=O) groups is 1. The summed E-state index contributed by atoms with van der Waals surface area (Å²) in [5.74, 6) is 2.87. The average molecular weight is 393 g/mol. The van der Waals surface area contributed by atoms with E-state index >= 15 is 0 Å². The molecule has 5 heterocycles. The van der Waals surface area contributed by atoms with Crippen LogP contribution in [0.1, 0.15) is 35.3 Å². The molecule has 3 aliphatic rings. The number of carbonyl (C=O) groups excluding carboxylic acids is 1. The number of rotatable bonds is 3. The number of anilines is 2. The number of amides is 1. The lowest BCUT2D eigenvalue weighted by molar-refractivity contribution is 0.0775. The SMILES string of the molecule is Cc1cncnc1N1CC2CN(C(=O)c3ccc(N4CCCCC4)nn3)CC2C1. The van der Waals surface area contributed by atoms with Gasteiger partial charge in [-0.15, -0.1) is 10.2 Å². The van der Waals surface area contributed by atoms with E-state index in [4.69, 9.17) is 0 Å². The van der Waals surface area contributed by atoms with Crippen molar-refractivity contribution in [2.75, 3.05) is 49.1 Å². The maximum atomic E-state index is 12.9. The van der Waals surface area contributed by atoms with Gasteiger partial charge in [0, 0.05) is 62.9 Å². The van der Waals surface area contributed by atoms with E-state index < -0.39 is 0 Å². The van der Waals surface area contributed by atoms with E-state index in [0.29, 0.717) is 17.5 Å². The third-order valence-electron chi connectivity index (χ3n) is 6.49. The standard InChI is InChI=1S/C21H27N7O/c1-15-9-22-14-23-20(15)27-10-16-12-28(13-17(16)11-27)21(29)18-5-6-19(25-24-18)26-7-3-2-4-8-26/h5-6,9,14,16-17H,2-4,7-8,10-13H2,1H3. The number of hydrogen-bond donors (Lipinski definition) is 0. The highest BCUT2D eigenvalue weighted by atomic mass is 16.2. The monoisotopic (exact) mass is 393 g/mol. The fraction of sp³-hybridized carbons (Fsp3) is 0.571. The highest BCUT2D eigenvalue weighted by Gasteiger charge is 2.42. The van der Waals surface area contributed by atoms with Gasteiger partial charge in [-0.2, -0.15) is 0 Å². The van der Waals surface area contributed by atoms with E-state index in [1.54, 1.807) is 6.33 Å². The molecule has 0 saturated carbocycles. The van der Waals surface area contributed by atoms with Crippen LogP contribution in [0.2, 0.25) is 0 Å². The molecule has 3 fully saturated rings. The van der Waals surface area contributed by atoms with Gasteiger partial charge in [-0.25, -0.2) is 9.97 Å². The van der Waals surface area contributed by atoms with Crippen LogP contribution in [0.25, 0.3) is 0 Å². The van der Waals surface area contributed by atoms with E-state index in [2.05, 4.69) is 30.0 Å². The Morgan fingerprint density at radius 3 is 2.38 bits per heavy atom. The molecule has 0 aromatic carbocycles. The van der Waals surface area contributed by atoms with Crippen LogP contribution in [0.5, 0.6) is 0 Å². The summed E-state index contributed by atoms with van der Waals surface area (Å²) in [6.45, 7) is 7.53. The molecule has 29 heavy (non-hydrogen) atoms. The van der Waals surface area contributed by atoms with Crippen molar-refractivity contribution in [2.45, 2.75) is 26.2 Å². The Morgan fingerprint density at radius 2 is 1.72 bits per heavy atom. The second kappa shape index (κ2) is 7.57. The minimum absolute atomic E-state index is 0.00172. The molecule has 1 amide bonds. The van der Waals surface area contributed by atoms with Gasteiger partial charge in [-0.1, -0.05) is 0 Å². The van der Waals surface area contributed by atoms with Crippen molar-refractivity contribution in [3.8, 4) is 0 Å². The Bertz CT molecular complexity index is 867. The molecule has 2 aromatic heterocycles. The first kappa shape index (κ1) is 18.3. The summed E-state index contributed by atoms with van der Waals surface area (Å²) in [5, 5.41) is 8.59. The minimum Gasteiger partial charge on any atom is -0.356 e. The van der Waals surface area contributed by atoms with Crippen molar-refractivity contribution in [3.05, 3.63) is 35.9 Å². The zero-order chi connectivity index (χ0) is 19.8. The lowest BCUT2D eigenvalue weighted by Gasteiger charge is -2.27. The van der Waals surface area contributed by atoms with Crippen molar-refractivity contribution in [3.63, 3.8) is 0 Å². The van der Waals surface area contributed by atoms with E-state index in [-0.39, 0.29) is 5.91 Å². The number of nitrogens with zero attached hydrogens (tertiary/aromatic N) is 7. The first-order valence-electron chi connectivity index (χ1n) is 10.6. The fourth-order valence-corrected chi connectivity index (χ4v) is 4.95. The molecule has 3 saturated heterocycles. The quantitative estimate of drug-likeness (QED) is 0.786. The predicted octanol–water partition coefficient (Wildman–Crippen LogP) is 1.77. The molecule has 0 spiro atoms. The van der Waals surface area contributed by atoms with E-state index in [1.807, 2.05) is 30.2 Å². The highest BCUT2D eigenvalue weighted by Crippen LogP contribution is 2.34. The zero-order valence-electron chi connectivity index (χ0n) is 16.9. The predicted molar refractivity (Wildman–Crippen MR) is 110 cm³/mol. The maximum absolute atomic E-state index is 12.9. The molecule has 3 aliphatic heterocycles. The van der Waals surface area contributed by atoms with Crippen LogP contribution < -0.4 is 9.80 Å². The van der Waals surface area contributed by atoms with Crippen molar-refractivity contribution in [2.24, 2.45) is 11.8 Å². The number of fused-ring (bicyclic) bond motifs is 1. The van der Waals surface area contributed by atoms with Crippen LogP contribution in [0.15, 0.2) is 24.7 Å². The van der Waals surface area contributed by atoms with Gasteiger partial charge in [-0.05, 0) is 38.3 Å². The first-order chi connectivity index (χ1) is 14.2. The first-order valence-corrected chi connectivity index (χ1v) is 10.6. The molecule has 0 aliphatic carbocycles. The molecular formula is C21H27N7O. The summed E-state index contributed by atoms with van der Waals surface area (Å²) < 4.78 is 0. The van der Waals surface area contributed by atoms with Crippen LogP contribution in [-0.4, -0.2) is 70.2 Å². The van der Waals surface area contributed by atoms with Gasteiger partial charge in [0.2, 0.25) is 0 Å². The number of aromatic nitrogens is 4. The van der Waals surface area contributed by atoms with Crippen LogP contribution >= 0.6 is 0 Å². The molecule has 8 heteroatoms. The molecule has 0 bridgehead atoms. The Hall–Kier alpha value is -2.77. The Morgan fingerprint density at radius 1 is 0.966 bits per heavy atom. The molecular weight excluding hydrogens is 366 g/mol. The normalized spacial score (nSPS) is 24.1.